The molecule has 0 aliphatic carbocycles. The van der Waals surface area contributed by atoms with Gasteiger partial charge in [0.25, 0.3) is 5.56 Å². The Kier molecular flexibility index (Phi) is 5.85. The van der Waals surface area contributed by atoms with Crippen LogP contribution in [0.3, 0.4) is 0 Å². The molecule has 0 N–H and O–H groups in total. The number of hydrogen-bond donors (Lipinski definition) is 0. The van der Waals surface area contributed by atoms with Crippen molar-refractivity contribution in [1.29, 1.82) is 0 Å². The SMILES string of the molecule is COC(=O)c1ccc2c(=O)n(-c3ccccc3)c(SCC(=O)N3CCCC3=O)nc2c1. The van der Waals surface area contributed by atoms with Crippen LogP contribution in [-0.4, -0.2) is 51.6 Å². The summed E-state index contributed by atoms with van der Waals surface area (Å²) in [4.78, 5) is 55.4. The summed E-state index contributed by atoms with van der Waals surface area (Å²) in [5.41, 5.74) is 0.882. The number of fused-ring (bicyclic) bond motifs is 1. The lowest BCUT2D eigenvalue weighted by molar-refractivity contribution is -0.140. The number of rotatable bonds is 5. The third-order valence-electron chi connectivity index (χ3n) is 4.97. The lowest BCUT2D eigenvalue weighted by atomic mass is 10.1. The van der Waals surface area contributed by atoms with Gasteiger partial charge in [0.15, 0.2) is 5.16 Å². The van der Waals surface area contributed by atoms with Crippen molar-refractivity contribution in [1.82, 2.24) is 14.5 Å². The Hall–Kier alpha value is -3.46. The molecule has 1 aliphatic heterocycles. The number of benzene rings is 2. The van der Waals surface area contributed by atoms with Crippen molar-refractivity contribution in [3.8, 4) is 5.69 Å². The predicted molar refractivity (Wildman–Crippen MR) is 115 cm³/mol. The number of esters is 1. The van der Waals surface area contributed by atoms with E-state index in [9.17, 15) is 19.2 Å². The molecule has 31 heavy (non-hydrogen) atoms. The van der Waals surface area contributed by atoms with Crippen molar-refractivity contribution in [3.05, 3.63) is 64.4 Å². The lowest BCUT2D eigenvalue weighted by Gasteiger charge is -2.15. The average molecular weight is 437 g/mol. The Morgan fingerprint density at radius 1 is 1.13 bits per heavy atom. The van der Waals surface area contributed by atoms with Crippen LogP contribution in [0.2, 0.25) is 0 Å². The fraction of sp³-hybridized carbons (Fsp3) is 0.227. The van der Waals surface area contributed by atoms with E-state index >= 15 is 0 Å². The van der Waals surface area contributed by atoms with Gasteiger partial charge in [0.05, 0.1) is 35.0 Å². The van der Waals surface area contributed by atoms with E-state index in [0.29, 0.717) is 41.1 Å². The minimum Gasteiger partial charge on any atom is -0.465 e. The number of para-hydroxylation sites is 1. The molecule has 1 fully saturated rings. The molecule has 1 saturated heterocycles. The third-order valence-corrected chi connectivity index (χ3v) is 5.90. The minimum absolute atomic E-state index is 0.0345. The van der Waals surface area contributed by atoms with Gasteiger partial charge in [-0.2, -0.15) is 0 Å². The molecule has 3 aromatic rings. The number of methoxy groups -OCH3 is 1. The highest BCUT2D eigenvalue weighted by Gasteiger charge is 2.27. The van der Waals surface area contributed by atoms with Crippen molar-refractivity contribution in [2.75, 3.05) is 19.4 Å². The number of likely N-dealkylation sites (tertiary alicyclic amines) is 1. The summed E-state index contributed by atoms with van der Waals surface area (Å²) in [5.74, 6) is -1.06. The molecule has 0 unspecified atom stereocenters. The highest BCUT2D eigenvalue weighted by atomic mass is 32.2. The van der Waals surface area contributed by atoms with Crippen LogP contribution in [-0.2, 0) is 14.3 Å². The summed E-state index contributed by atoms with van der Waals surface area (Å²) in [6.45, 7) is 0.414. The molecule has 0 bridgehead atoms. The molecule has 1 aromatic heterocycles. The van der Waals surface area contributed by atoms with Crippen LogP contribution in [0.1, 0.15) is 23.2 Å². The van der Waals surface area contributed by atoms with Crippen LogP contribution in [0.25, 0.3) is 16.6 Å². The van der Waals surface area contributed by atoms with E-state index in [1.54, 1.807) is 30.3 Å². The van der Waals surface area contributed by atoms with Crippen molar-refractivity contribution in [2.24, 2.45) is 0 Å². The Balaban J connectivity index is 1.78. The highest BCUT2D eigenvalue weighted by molar-refractivity contribution is 7.99. The van der Waals surface area contributed by atoms with Crippen LogP contribution in [0.5, 0.6) is 0 Å². The lowest BCUT2D eigenvalue weighted by Crippen LogP contribution is -2.33. The number of ether oxygens (including phenoxy) is 1. The van der Waals surface area contributed by atoms with E-state index in [-0.39, 0.29) is 28.7 Å². The summed E-state index contributed by atoms with van der Waals surface area (Å²) in [7, 11) is 1.28. The highest BCUT2D eigenvalue weighted by Crippen LogP contribution is 2.23. The first-order valence-corrected chi connectivity index (χ1v) is 10.6. The summed E-state index contributed by atoms with van der Waals surface area (Å²) < 4.78 is 6.18. The fourth-order valence-electron chi connectivity index (χ4n) is 3.43. The Morgan fingerprint density at radius 3 is 2.58 bits per heavy atom. The summed E-state index contributed by atoms with van der Waals surface area (Å²) >= 11 is 1.08. The standard InChI is InChI=1S/C22H19N3O5S/c1-30-21(29)14-9-10-16-17(12-14)23-22(25(20(16)28)15-6-3-2-4-7-15)31-13-19(27)24-11-5-8-18(24)26/h2-4,6-7,9-10,12H,5,8,11,13H2,1H3. The molecule has 9 heteroatoms. The first kappa shape index (κ1) is 20.8. The molecule has 4 rings (SSSR count). The number of nitrogens with zero attached hydrogens (tertiary/aromatic N) is 3. The molecular formula is C22H19N3O5S. The number of amides is 2. The Morgan fingerprint density at radius 2 is 1.90 bits per heavy atom. The summed E-state index contributed by atoms with van der Waals surface area (Å²) in [5, 5.41) is 0.632. The molecule has 2 amide bonds. The molecule has 1 aliphatic rings. The van der Waals surface area contributed by atoms with Crippen LogP contribution in [0.4, 0.5) is 0 Å². The van der Waals surface area contributed by atoms with Gasteiger partial charge >= 0.3 is 5.97 Å². The molecule has 0 saturated carbocycles. The molecule has 2 heterocycles. The van der Waals surface area contributed by atoms with Crippen LogP contribution in [0.15, 0.2) is 58.5 Å². The largest absolute Gasteiger partial charge is 0.465 e. The number of imide groups is 1. The van der Waals surface area contributed by atoms with Gasteiger partial charge in [-0.3, -0.25) is 23.9 Å². The third kappa shape index (κ3) is 4.09. The van der Waals surface area contributed by atoms with Crippen molar-refractivity contribution in [3.63, 3.8) is 0 Å². The van der Waals surface area contributed by atoms with E-state index in [4.69, 9.17) is 4.74 Å². The second-order valence-corrected chi connectivity index (χ2v) is 7.87. The summed E-state index contributed by atoms with van der Waals surface area (Å²) in [6, 6.07) is 13.5. The quantitative estimate of drug-likeness (QED) is 0.343. The van der Waals surface area contributed by atoms with Gasteiger partial charge < -0.3 is 4.74 Å². The van der Waals surface area contributed by atoms with Gasteiger partial charge in [0.1, 0.15) is 0 Å². The van der Waals surface area contributed by atoms with Gasteiger partial charge in [-0.1, -0.05) is 30.0 Å². The average Bonchev–Trinajstić information content (AvgIpc) is 3.23. The molecule has 0 atom stereocenters. The number of carbonyl (C=O) groups excluding carboxylic acids is 3. The van der Waals surface area contributed by atoms with Crippen molar-refractivity contribution >= 4 is 40.4 Å². The predicted octanol–water partition coefficient (Wildman–Crippen LogP) is 2.41. The maximum absolute atomic E-state index is 13.3. The molecular weight excluding hydrogens is 418 g/mol. The van der Waals surface area contributed by atoms with Crippen LogP contribution < -0.4 is 5.56 Å². The monoisotopic (exact) mass is 437 g/mol. The Labute approximate surface area is 181 Å². The maximum Gasteiger partial charge on any atom is 0.337 e. The Bertz CT molecular complexity index is 1240. The van der Waals surface area contributed by atoms with Gasteiger partial charge in [-0.15, -0.1) is 0 Å². The van der Waals surface area contributed by atoms with Gasteiger partial charge in [-0.25, -0.2) is 9.78 Å². The zero-order chi connectivity index (χ0) is 22.0. The fourth-order valence-corrected chi connectivity index (χ4v) is 4.32. The molecule has 158 valence electrons. The topological polar surface area (TPSA) is 98.6 Å². The van der Waals surface area contributed by atoms with Crippen LogP contribution in [0, 0.1) is 0 Å². The van der Waals surface area contributed by atoms with Gasteiger partial charge in [0.2, 0.25) is 11.8 Å². The second-order valence-electron chi connectivity index (χ2n) is 6.93. The molecule has 8 nitrogen and oxygen atoms in total. The van der Waals surface area contributed by atoms with Crippen molar-refractivity contribution in [2.45, 2.75) is 18.0 Å². The van der Waals surface area contributed by atoms with E-state index in [2.05, 4.69) is 4.98 Å². The second kappa shape index (κ2) is 8.73. The number of carbonyl (C=O) groups is 3. The molecule has 0 spiro atoms. The van der Waals surface area contributed by atoms with E-state index in [0.717, 1.165) is 11.8 Å². The van der Waals surface area contributed by atoms with Crippen LogP contribution >= 0.6 is 11.8 Å². The van der Waals surface area contributed by atoms with E-state index in [1.165, 1.54) is 28.7 Å². The van der Waals surface area contributed by atoms with Crippen molar-refractivity contribution < 1.29 is 19.1 Å². The molecule has 2 aromatic carbocycles. The number of aromatic nitrogens is 2. The maximum atomic E-state index is 13.3. The number of thioether (sulfide) groups is 1. The normalized spacial score (nSPS) is 13.6. The van der Waals surface area contributed by atoms with Gasteiger partial charge in [0, 0.05) is 13.0 Å². The zero-order valence-corrected chi connectivity index (χ0v) is 17.6. The van der Waals surface area contributed by atoms with E-state index < -0.39 is 5.97 Å². The summed E-state index contributed by atoms with van der Waals surface area (Å²) in [6.07, 6.45) is 1.03. The minimum atomic E-state index is -0.534. The smallest absolute Gasteiger partial charge is 0.337 e. The number of hydrogen-bond acceptors (Lipinski definition) is 7. The molecule has 0 radical (unpaired) electrons. The first-order chi connectivity index (χ1) is 15.0. The first-order valence-electron chi connectivity index (χ1n) is 9.66. The van der Waals surface area contributed by atoms with Gasteiger partial charge in [-0.05, 0) is 36.8 Å². The zero-order valence-electron chi connectivity index (χ0n) is 16.7. The van der Waals surface area contributed by atoms with E-state index in [1.807, 2.05) is 6.07 Å².